The van der Waals surface area contributed by atoms with Gasteiger partial charge in [0.05, 0.1) is 38.1 Å². The van der Waals surface area contributed by atoms with Gasteiger partial charge in [-0.3, -0.25) is 0 Å². The Hall–Kier alpha value is -1.84. The Kier molecular flexibility index (Phi) is 7.84. The van der Waals surface area contributed by atoms with Gasteiger partial charge in [0.2, 0.25) is 0 Å². The maximum atomic E-state index is 6.63. The van der Waals surface area contributed by atoms with E-state index < -0.39 is 24.7 Å². The SMILES string of the molecule is CC1O[C@@H](O[C@H]2C(OCc3ccccc3)C(N)[C@@H]3OC[C@@H]2O3)C(C)[C@H](OCc2ccccc2)[C@@H]1C. The summed E-state index contributed by atoms with van der Waals surface area (Å²) in [5.41, 5.74) is 8.76. The van der Waals surface area contributed by atoms with Gasteiger partial charge in [0.1, 0.15) is 18.3 Å². The van der Waals surface area contributed by atoms with Crippen molar-refractivity contribution in [3.8, 4) is 0 Å². The highest BCUT2D eigenvalue weighted by Crippen LogP contribution is 2.38. The highest BCUT2D eigenvalue weighted by molar-refractivity contribution is 5.14. The molecule has 0 spiro atoms. The maximum absolute atomic E-state index is 6.63. The Bertz CT molecular complexity index is 930. The molecule has 3 aliphatic heterocycles. The molecule has 0 aliphatic carbocycles. The molecule has 7 nitrogen and oxygen atoms in total. The summed E-state index contributed by atoms with van der Waals surface area (Å²) >= 11 is 0. The molecule has 3 aliphatic rings. The van der Waals surface area contributed by atoms with E-state index in [0.717, 1.165) is 11.1 Å². The van der Waals surface area contributed by atoms with Crippen LogP contribution in [-0.2, 0) is 41.6 Å². The molecular formula is C28H37NO6. The first-order valence-corrected chi connectivity index (χ1v) is 12.7. The van der Waals surface area contributed by atoms with Crippen molar-refractivity contribution in [1.29, 1.82) is 0 Å². The molecule has 0 radical (unpaired) electrons. The van der Waals surface area contributed by atoms with Crippen molar-refractivity contribution < 1.29 is 28.4 Å². The second kappa shape index (κ2) is 11.0. The third-order valence-corrected chi connectivity index (χ3v) is 7.53. The number of nitrogens with two attached hydrogens (primary N) is 1. The summed E-state index contributed by atoms with van der Waals surface area (Å²) in [6, 6.07) is 19.8. The fourth-order valence-electron chi connectivity index (χ4n) is 5.28. The molecule has 4 unspecified atom stereocenters. The molecule has 7 heteroatoms. The molecule has 10 atom stereocenters. The van der Waals surface area contributed by atoms with E-state index in [1.54, 1.807) is 0 Å². The van der Waals surface area contributed by atoms with Crippen molar-refractivity contribution in [3.63, 3.8) is 0 Å². The van der Waals surface area contributed by atoms with E-state index in [1.807, 2.05) is 48.5 Å². The van der Waals surface area contributed by atoms with Crippen molar-refractivity contribution in [2.45, 2.75) is 83.1 Å². The maximum Gasteiger partial charge on any atom is 0.175 e. The molecule has 2 N–H and O–H groups in total. The highest BCUT2D eigenvalue weighted by Gasteiger charge is 2.53. The van der Waals surface area contributed by atoms with Crippen molar-refractivity contribution >= 4 is 0 Å². The standard InChI is InChI=1S/C28H37NO6/c1-17-19(3)33-27(18(2)24(17)30-14-20-10-6-4-7-11-20)35-25-22-16-32-28(34-22)23(29)26(25)31-15-21-12-8-5-9-13-21/h4-13,17-19,22-28H,14-16,29H2,1-3H3/t17-,18?,19?,22+,23?,24-,25-,26?,27+,28-/m1/s1. The fraction of sp³-hybridized carbons (Fsp3) is 0.571. The van der Waals surface area contributed by atoms with E-state index >= 15 is 0 Å². The lowest BCUT2D eigenvalue weighted by Crippen LogP contribution is -2.61. The third-order valence-electron chi connectivity index (χ3n) is 7.53. The summed E-state index contributed by atoms with van der Waals surface area (Å²) in [7, 11) is 0. The number of ether oxygens (including phenoxy) is 6. The second-order valence-electron chi connectivity index (χ2n) is 10.0. The van der Waals surface area contributed by atoms with Crippen LogP contribution in [0, 0.1) is 11.8 Å². The fourth-order valence-corrected chi connectivity index (χ4v) is 5.28. The lowest BCUT2D eigenvalue weighted by atomic mass is 9.86. The summed E-state index contributed by atoms with van der Waals surface area (Å²) in [6.45, 7) is 7.80. The predicted molar refractivity (Wildman–Crippen MR) is 130 cm³/mol. The van der Waals surface area contributed by atoms with Crippen LogP contribution in [0.3, 0.4) is 0 Å². The summed E-state index contributed by atoms with van der Waals surface area (Å²) < 4.78 is 37.6. The van der Waals surface area contributed by atoms with Crippen LogP contribution in [0.1, 0.15) is 31.9 Å². The average Bonchev–Trinajstić information content (AvgIpc) is 3.33. The number of hydrogen-bond donors (Lipinski definition) is 1. The molecule has 3 fully saturated rings. The Balaban J connectivity index is 1.29. The van der Waals surface area contributed by atoms with Crippen LogP contribution < -0.4 is 5.73 Å². The summed E-state index contributed by atoms with van der Waals surface area (Å²) in [6.07, 6.45) is -2.03. The molecule has 2 aromatic rings. The van der Waals surface area contributed by atoms with Crippen LogP contribution in [0.5, 0.6) is 0 Å². The van der Waals surface area contributed by atoms with E-state index in [0.29, 0.717) is 19.8 Å². The first-order valence-electron chi connectivity index (χ1n) is 12.7. The van der Waals surface area contributed by atoms with Gasteiger partial charge in [-0.1, -0.05) is 74.5 Å². The summed E-state index contributed by atoms with van der Waals surface area (Å²) in [4.78, 5) is 0. The average molecular weight is 484 g/mol. The zero-order valence-electron chi connectivity index (χ0n) is 20.7. The Labute approximate surface area is 207 Å². The summed E-state index contributed by atoms with van der Waals surface area (Å²) in [5.74, 6) is 0.235. The Morgan fingerprint density at radius 2 is 1.37 bits per heavy atom. The minimum Gasteiger partial charge on any atom is -0.373 e. The smallest absolute Gasteiger partial charge is 0.175 e. The van der Waals surface area contributed by atoms with Gasteiger partial charge in [0.15, 0.2) is 12.6 Å². The van der Waals surface area contributed by atoms with Gasteiger partial charge >= 0.3 is 0 Å². The van der Waals surface area contributed by atoms with E-state index in [-0.39, 0.29) is 36.3 Å². The Morgan fingerprint density at radius 1 is 0.771 bits per heavy atom. The second-order valence-corrected chi connectivity index (χ2v) is 10.0. The van der Waals surface area contributed by atoms with Crippen molar-refractivity contribution in [2.24, 2.45) is 17.6 Å². The Morgan fingerprint density at radius 3 is 2.00 bits per heavy atom. The van der Waals surface area contributed by atoms with Gasteiger partial charge in [-0.05, 0) is 18.1 Å². The molecule has 5 rings (SSSR count). The molecule has 3 heterocycles. The molecule has 0 saturated carbocycles. The zero-order chi connectivity index (χ0) is 24.4. The first-order chi connectivity index (χ1) is 17.0. The van der Waals surface area contributed by atoms with Crippen LogP contribution in [-0.4, -0.2) is 55.7 Å². The molecule has 35 heavy (non-hydrogen) atoms. The van der Waals surface area contributed by atoms with Crippen molar-refractivity contribution in [1.82, 2.24) is 0 Å². The van der Waals surface area contributed by atoms with Gasteiger partial charge in [-0.15, -0.1) is 0 Å². The van der Waals surface area contributed by atoms with Crippen LogP contribution in [0.4, 0.5) is 0 Å². The molecule has 3 saturated heterocycles. The van der Waals surface area contributed by atoms with Crippen LogP contribution in [0.15, 0.2) is 60.7 Å². The lowest BCUT2D eigenvalue weighted by Gasteiger charge is -2.46. The number of hydrogen-bond acceptors (Lipinski definition) is 7. The van der Waals surface area contributed by atoms with Gasteiger partial charge in [0.25, 0.3) is 0 Å². The van der Waals surface area contributed by atoms with E-state index in [2.05, 4.69) is 32.9 Å². The number of rotatable bonds is 8. The van der Waals surface area contributed by atoms with Crippen molar-refractivity contribution in [2.75, 3.05) is 6.61 Å². The molecule has 190 valence electrons. The minimum atomic E-state index is -0.480. The van der Waals surface area contributed by atoms with Crippen LogP contribution in [0.2, 0.25) is 0 Å². The lowest BCUT2D eigenvalue weighted by molar-refractivity contribution is -0.312. The van der Waals surface area contributed by atoms with Gasteiger partial charge in [0, 0.05) is 11.8 Å². The molecule has 2 aromatic carbocycles. The van der Waals surface area contributed by atoms with Crippen LogP contribution in [0.25, 0.3) is 0 Å². The van der Waals surface area contributed by atoms with Gasteiger partial charge in [-0.2, -0.15) is 0 Å². The molecule has 2 bridgehead atoms. The zero-order valence-corrected chi connectivity index (χ0v) is 20.7. The van der Waals surface area contributed by atoms with Gasteiger partial charge in [-0.25, -0.2) is 0 Å². The minimum absolute atomic E-state index is 0.0101. The van der Waals surface area contributed by atoms with E-state index in [1.165, 1.54) is 0 Å². The molecule has 0 amide bonds. The normalized spacial score (nSPS) is 39.0. The molecular weight excluding hydrogens is 446 g/mol. The predicted octanol–water partition coefficient (Wildman–Crippen LogP) is 3.64. The van der Waals surface area contributed by atoms with E-state index in [9.17, 15) is 0 Å². The third kappa shape index (κ3) is 5.47. The molecule has 0 aromatic heterocycles. The van der Waals surface area contributed by atoms with E-state index in [4.69, 9.17) is 34.2 Å². The quantitative estimate of drug-likeness (QED) is 0.614. The number of fused-ring (bicyclic) bond motifs is 2. The first kappa shape index (κ1) is 24.8. The van der Waals surface area contributed by atoms with Crippen LogP contribution >= 0.6 is 0 Å². The number of benzene rings is 2. The monoisotopic (exact) mass is 483 g/mol. The summed E-state index contributed by atoms with van der Waals surface area (Å²) in [5, 5.41) is 0. The highest BCUT2D eigenvalue weighted by atomic mass is 16.8. The largest absolute Gasteiger partial charge is 0.373 e. The topological polar surface area (TPSA) is 81.4 Å². The van der Waals surface area contributed by atoms with Gasteiger partial charge < -0.3 is 34.2 Å². The van der Waals surface area contributed by atoms with Crippen molar-refractivity contribution in [3.05, 3.63) is 71.8 Å².